The van der Waals surface area contributed by atoms with Crippen LogP contribution in [-0.2, 0) is 0 Å². The van der Waals surface area contributed by atoms with Gasteiger partial charge in [-0.25, -0.2) is 0 Å². The highest BCUT2D eigenvalue weighted by Gasteiger charge is 2.08. The van der Waals surface area contributed by atoms with E-state index in [2.05, 4.69) is 5.32 Å². The largest absolute Gasteiger partial charge is 0.392 e. The second-order valence-corrected chi connectivity index (χ2v) is 4.20. The molecular formula is C13H12N2OS. The van der Waals surface area contributed by atoms with E-state index in [1.54, 1.807) is 6.07 Å². The summed E-state index contributed by atoms with van der Waals surface area (Å²) in [6.45, 7) is 0.220. The summed E-state index contributed by atoms with van der Waals surface area (Å²) < 4.78 is 0. The Morgan fingerprint density at radius 1 is 1.18 bits per heavy atom. The second kappa shape index (κ2) is 4.93. The van der Waals surface area contributed by atoms with Crippen molar-refractivity contribution in [1.82, 2.24) is 5.32 Å². The maximum Gasteiger partial charge on any atom is 0.252 e. The molecule has 4 heteroatoms. The van der Waals surface area contributed by atoms with E-state index in [1.807, 2.05) is 36.4 Å². The Bertz CT molecular complexity index is 575. The molecule has 0 aliphatic carbocycles. The van der Waals surface area contributed by atoms with Crippen molar-refractivity contribution in [3.63, 3.8) is 0 Å². The summed E-state index contributed by atoms with van der Waals surface area (Å²) in [6, 6.07) is 13.4. The van der Waals surface area contributed by atoms with Crippen LogP contribution in [0.15, 0.2) is 42.5 Å². The summed E-state index contributed by atoms with van der Waals surface area (Å²) in [7, 11) is 0. The minimum absolute atomic E-state index is 0.158. The zero-order valence-electron chi connectivity index (χ0n) is 9.14. The van der Waals surface area contributed by atoms with Crippen LogP contribution in [0.4, 0.5) is 0 Å². The molecule has 0 fully saturated rings. The van der Waals surface area contributed by atoms with Crippen molar-refractivity contribution in [3.8, 4) is 0 Å². The standard InChI is InChI=1S/C13H12N2OS/c14-12(17)8-15-13(16)11-7-3-5-9-4-1-2-6-10(9)11/h1-7H,8H2,(H2,14,17)(H,15,16). The summed E-state index contributed by atoms with van der Waals surface area (Å²) in [5.41, 5.74) is 5.99. The predicted octanol–water partition coefficient (Wildman–Crippen LogP) is 1.86. The van der Waals surface area contributed by atoms with E-state index < -0.39 is 0 Å². The number of benzene rings is 2. The number of carbonyl (C=O) groups is 1. The van der Waals surface area contributed by atoms with Crippen LogP contribution in [-0.4, -0.2) is 17.4 Å². The van der Waals surface area contributed by atoms with E-state index in [0.29, 0.717) is 5.56 Å². The number of carbonyl (C=O) groups excluding carboxylic acids is 1. The van der Waals surface area contributed by atoms with E-state index in [0.717, 1.165) is 10.8 Å². The molecule has 2 rings (SSSR count). The summed E-state index contributed by atoms with van der Waals surface area (Å²) in [4.78, 5) is 12.2. The lowest BCUT2D eigenvalue weighted by molar-refractivity contribution is 0.0961. The monoisotopic (exact) mass is 244 g/mol. The predicted molar refractivity (Wildman–Crippen MR) is 73.1 cm³/mol. The highest BCUT2D eigenvalue weighted by Crippen LogP contribution is 2.18. The molecule has 0 aliphatic rings. The van der Waals surface area contributed by atoms with Gasteiger partial charge in [-0.3, -0.25) is 4.79 Å². The van der Waals surface area contributed by atoms with Crippen LogP contribution in [0.3, 0.4) is 0 Å². The maximum absolute atomic E-state index is 11.9. The maximum atomic E-state index is 11.9. The van der Waals surface area contributed by atoms with E-state index >= 15 is 0 Å². The molecule has 0 atom stereocenters. The lowest BCUT2D eigenvalue weighted by Crippen LogP contribution is -2.32. The van der Waals surface area contributed by atoms with Crippen molar-refractivity contribution in [2.24, 2.45) is 5.73 Å². The molecule has 0 spiro atoms. The molecule has 0 unspecified atom stereocenters. The fourth-order valence-electron chi connectivity index (χ4n) is 1.69. The minimum atomic E-state index is -0.158. The average Bonchev–Trinajstić information content (AvgIpc) is 2.35. The third-order valence-corrected chi connectivity index (χ3v) is 2.60. The summed E-state index contributed by atoms with van der Waals surface area (Å²) in [5.74, 6) is -0.158. The molecule has 0 saturated carbocycles. The number of rotatable bonds is 3. The van der Waals surface area contributed by atoms with Crippen LogP contribution in [0.5, 0.6) is 0 Å². The lowest BCUT2D eigenvalue weighted by atomic mass is 10.0. The van der Waals surface area contributed by atoms with Crippen molar-refractivity contribution >= 4 is 33.9 Å². The van der Waals surface area contributed by atoms with Crippen LogP contribution in [0, 0.1) is 0 Å². The van der Waals surface area contributed by atoms with Gasteiger partial charge in [0.2, 0.25) is 0 Å². The summed E-state index contributed by atoms with van der Waals surface area (Å²) >= 11 is 4.72. The van der Waals surface area contributed by atoms with Crippen LogP contribution in [0.1, 0.15) is 10.4 Å². The van der Waals surface area contributed by atoms with Gasteiger partial charge < -0.3 is 11.1 Å². The molecule has 0 saturated heterocycles. The number of hydrogen-bond donors (Lipinski definition) is 2. The van der Waals surface area contributed by atoms with Gasteiger partial charge in [0.25, 0.3) is 5.91 Å². The van der Waals surface area contributed by atoms with Crippen LogP contribution in [0.2, 0.25) is 0 Å². The van der Waals surface area contributed by atoms with Gasteiger partial charge in [-0.15, -0.1) is 0 Å². The van der Waals surface area contributed by atoms with Crippen molar-refractivity contribution in [1.29, 1.82) is 0 Å². The Morgan fingerprint density at radius 2 is 1.88 bits per heavy atom. The highest BCUT2D eigenvalue weighted by molar-refractivity contribution is 7.80. The molecule has 2 aromatic rings. The van der Waals surface area contributed by atoms with Crippen molar-refractivity contribution in [3.05, 3.63) is 48.0 Å². The molecule has 0 aliphatic heterocycles. The van der Waals surface area contributed by atoms with Crippen molar-refractivity contribution < 1.29 is 4.79 Å². The van der Waals surface area contributed by atoms with E-state index in [1.165, 1.54) is 0 Å². The number of thiocarbonyl (C=S) groups is 1. The summed E-state index contributed by atoms with van der Waals surface area (Å²) in [5, 5.41) is 4.65. The van der Waals surface area contributed by atoms with Gasteiger partial charge in [-0.05, 0) is 16.8 Å². The Kier molecular flexibility index (Phi) is 3.35. The molecule has 86 valence electrons. The van der Waals surface area contributed by atoms with Gasteiger partial charge in [0, 0.05) is 5.56 Å². The Balaban J connectivity index is 2.35. The van der Waals surface area contributed by atoms with Crippen LogP contribution in [0.25, 0.3) is 10.8 Å². The van der Waals surface area contributed by atoms with E-state index in [9.17, 15) is 4.79 Å². The zero-order chi connectivity index (χ0) is 12.3. The Morgan fingerprint density at radius 3 is 2.65 bits per heavy atom. The molecule has 1 amide bonds. The quantitative estimate of drug-likeness (QED) is 0.810. The molecule has 0 bridgehead atoms. The molecule has 3 nitrogen and oxygen atoms in total. The first-order valence-electron chi connectivity index (χ1n) is 5.23. The number of hydrogen-bond acceptors (Lipinski definition) is 2. The molecule has 0 radical (unpaired) electrons. The van der Waals surface area contributed by atoms with E-state index in [4.69, 9.17) is 18.0 Å². The van der Waals surface area contributed by atoms with Gasteiger partial charge in [0.1, 0.15) is 0 Å². The fourth-order valence-corrected chi connectivity index (χ4v) is 1.76. The number of nitrogens with one attached hydrogen (secondary N) is 1. The Hall–Kier alpha value is -1.94. The highest BCUT2D eigenvalue weighted by atomic mass is 32.1. The van der Waals surface area contributed by atoms with Crippen molar-refractivity contribution in [2.45, 2.75) is 0 Å². The van der Waals surface area contributed by atoms with Crippen molar-refractivity contribution in [2.75, 3.05) is 6.54 Å². The number of fused-ring (bicyclic) bond motifs is 1. The molecule has 2 aromatic carbocycles. The van der Waals surface area contributed by atoms with E-state index in [-0.39, 0.29) is 17.4 Å². The Labute approximate surface area is 105 Å². The third-order valence-electron chi connectivity index (χ3n) is 2.46. The zero-order valence-corrected chi connectivity index (χ0v) is 9.96. The first kappa shape index (κ1) is 11.5. The topological polar surface area (TPSA) is 55.1 Å². The van der Waals surface area contributed by atoms with Gasteiger partial charge in [-0.2, -0.15) is 0 Å². The molecule has 0 heterocycles. The number of amides is 1. The molecular weight excluding hydrogens is 232 g/mol. The SMILES string of the molecule is NC(=S)CNC(=O)c1cccc2ccccc12. The summed E-state index contributed by atoms with van der Waals surface area (Å²) in [6.07, 6.45) is 0. The van der Waals surface area contributed by atoms with Gasteiger partial charge in [-0.1, -0.05) is 48.6 Å². The van der Waals surface area contributed by atoms with Gasteiger partial charge in [0.05, 0.1) is 11.5 Å². The number of nitrogens with two attached hydrogens (primary N) is 1. The first-order valence-corrected chi connectivity index (χ1v) is 5.63. The smallest absolute Gasteiger partial charge is 0.252 e. The first-order chi connectivity index (χ1) is 8.18. The molecule has 17 heavy (non-hydrogen) atoms. The van der Waals surface area contributed by atoms with Gasteiger partial charge >= 0.3 is 0 Å². The van der Waals surface area contributed by atoms with Gasteiger partial charge in [0.15, 0.2) is 0 Å². The van der Waals surface area contributed by atoms with Crippen LogP contribution >= 0.6 is 12.2 Å². The normalized spacial score (nSPS) is 10.1. The fraction of sp³-hybridized carbons (Fsp3) is 0.0769. The third kappa shape index (κ3) is 2.60. The minimum Gasteiger partial charge on any atom is -0.392 e. The van der Waals surface area contributed by atoms with Crippen LogP contribution < -0.4 is 11.1 Å². The lowest BCUT2D eigenvalue weighted by Gasteiger charge is -2.07. The molecule has 0 aromatic heterocycles. The molecule has 3 N–H and O–H groups in total. The average molecular weight is 244 g/mol. The second-order valence-electron chi connectivity index (χ2n) is 3.68.